The van der Waals surface area contributed by atoms with E-state index in [4.69, 9.17) is 9.73 Å². The maximum Gasteiger partial charge on any atom is 0.241 e. The van der Waals surface area contributed by atoms with Gasteiger partial charge >= 0.3 is 0 Å². The summed E-state index contributed by atoms with van der Waals surface area (Å²) in [4.78, 5) is 20.6. The molecule has 0 aliphatic carbocycles. The number of carbonyl (C=O) groups excluding carboxylic acids is 1. The number of nitrogens with zero attached hydrogens (tertiary/aromatic N) is 3. The molecule has 0 bridgehead atoms. The number of amides is 1. The third-order valence-corrected chi connectivity index (χ3v) is 5.12. The molecule has 1 atom stereocenters. The maximum atomic E-state index is 12.0. The summed E-state index contributed by atoms with van der Waals surface area (Å²) in [6.07, 6.45) is 0.978. The summed E-state index contributed by atoms with van der Waals surface area (Å²) in [6, 6.07) is 18.4. The van der Waals surface area contributed by atoms with Crippen LogP contribution in [0.1, 0.15) is 12.0 Å². The molecule has 0 radical (unpaired) electrons. The van der Waals surface area contributed by atoms with Gasteiger partial charge in [0.15, 0.2) is 5.96 Å². The lowest BCUT2D eigenvalue weighted by atomic mass is 10.2. The Morgan fingerprint density at radius 3 is 2.58 bits per heavy atom. The van der Waals surface area contributed by atoms with Gasteiger partial charge < -0.3 is 25.2 Å². The molecule has 2 N–H and O–H groups in total. The predicted octanol–water partition coefficient (Wildman–Crippen LogP) is 2.72. The minimum atomic E-state index is 0. The second kappa shape index (κ2) is 12.4. The first-order valence-electron chi connectivity index (χ1n) is 10.2. The lowest BCUT2D eigenvalue weighted by Crippen LogP contribution is -2.47. The summed E-state index contributed by atoms with van der Waals surface area (Å²) in [6.45, 7) is 2.53. The van der Waals surface area contributed by atoms with Crippen molar-refractivity contribution in [3.63, 3.8) is 0 Å². The zero-order valence-corrected chi connectivity index (χ0v) is 20.7. The van der Waals surface area contributed by atoms with Gasteiger partial charge in [-0.2, -0.15) is 0 Å². The van der Waals surface area contributed by atoms with Crippen molar-refractivity contribution in [2.45, 2.75) is 19.0 Å². The second-order valence-electron chi connectivity index (χ2n) is 7.54. The Labute approximate surface area is 201 Å². The van der Waals surface area contributed by atoms with Gasteiger partial charge in [-0.25, -0.2) is 4.99 Å². The van der Waals surface area contributed by atoms with E-state index >= 15 is 0 Å². The van der Waals surface area contributed by atoms with Gasteiger partial charge in [-0.1, -0.05) is 42.5 Å². The fraction of sp³-hybridized carbons (Fsp3) is 0.391. The summed E-state index contributed by atoms with van der Waals surface area (Å²) in [7, 11) is 5.20. The third-order valence-electron chi connectivity index (χ3n) is 5.12. The number of ether oxygens (including phenoxy) is 1. The second-order valence-corrected chi connectivity index (χ2v) is 7.54. The largest absolute Gasteiger partial charge is 0.495 e. The molecule has 1 aliphatic heterocycles. The molecule has 0 aromatic heterocycles. The molecule has 1 amide bonds. The lowest BCUT2D eigenvalue weighted by Gasteiger charge is -2.22. The van der Waals surface area contributed by atoms with Gasteiger partial charge in [0.25, 0.3) is 0 Å². The zero-order chi connectivity index (χ0) is 21.3. The van der Waals surface area contributed by atoms with Crippen molar-refractivity contribution in [1.29, 1.82) is 0 Å². The molecule has 2 aromatic rings. The first kappa shape index (κ1) is 24.8. The quantitative estimate of drug-likeness (QED) is 0.323. The van der Waals surface area contributed by atoms with Crippen LogP contribution in [0.25, 0.3) is 0 Å². The van der Waals surface area contributed by atoms with Crippen LogP contribution in [0.3, 0.4) is 0 Å². The standard InChI is InChI=1S/C23H31N5O2.HI/c1-27(2)22(29)16-25-23(24-15-18-9-5-4-6-10-18)26-19-13-14-28(17-19)20-11-7-8-12-21(20)30-3;/h4-12,19H,13-17H2,1-3H3,(H2,24,25,26);1H. The van der Waals surface area contributed by atoms with Crippen molar-refractivity contribution < 1.29 is 9.53 Å². The van der Waals surface area contributed by atoms with E-state index in [1.54, 1.807) is 26.1 Å². The Morgan fingerprint density at radius 2 is 1.87 bits per heavy atom. The minimum absolute atomic E-state index is 0. The molecule has 1 saturated heterocycles. The van der Waals surface area contributed by atoms with E-state index < -0.39 is 0 Å². The van der Waals surface area contributed by atoms with E-state index in [-0.39, 0.29) is 42.5 Å². The number of guanidine groups is 1. The SMILES string of the molecule is COc1ccccc1N1CCC(NC(=NCc2ccccc2)NCC(=O)N(C)C)C1.I. The van der Waals surface area contributed by atoms with E-state index in [0.29, 0.717) is 12.5 Å². The number of likely N-dealkylation sites (N-methyl/N-ethyl adjacent to an activating group) is 1. The Morgan fingerprint density at radius 1 is 1.16 bits per heavy atom. The molecular formula is C23H32IN5O2. The van der Waals surface area contributed by atoms with Crippen molar-refractivity contribution in [3.8, 4) is 5.75 Å². The summed E-state index contributed by atoms with van der Waals surface area (Å²) in [5.41, 5.74) is 2.22. The Hall–Kier alpha value is -2.49. The fourth-order valence-electron chi connectivity index (χ4n) is 3.41. The van der Waals surface area contributed by atoms with Crippen LogP contribution in [0.4, 0.5) is 5.69 Å². The van der Waals surface area contributed by atoms with Crippen molar-refractivity contribution in [3.05, 3.63) is 60.2 Å². The molecule has 1 heterocycles. The fourth-order valence-corrected chi connectivity index (χ4v) is 3.41. The van der Waals surface area contributed by atoms with E-state index in [1.807, 2.05) is 48.5 Å². The van der Waals surface area contributed by atoms with Gasteiger partial charge in [-0.3, -0.25) is 4.79 Å². The van der Waals surface area contributed by atoms with Gasteiger partial charge in [0.2, 0.25) is 5.91 Å². The van der Waals surface area contributed by atoms with Crippen LogP contribution < -0.4 is 20.3 Å². The summed E-state index contributed by atoms with van der Waals surface area (Å²) < 4.78 is 5.51. The highest BCUT2D eigenvalue weighted by atomic mass is 127. The monoisotopic (exact) mass is 537 g/mol. The van der Waals surface area contributed by atoms with Crippen LogP contribution in [0.2, 0.25) is 0 Å². The molecule has 8 heteroatoms. The molecule has 3 rings (SSSR count). The van der Waals surface area contributed by atoms with E-state index in [2.05, 4.69) is 21.6 Å². The van der Waals surface area contributed by atoms with E-state index in [0.717, 1.165) is 36.5 Å². The minimum Gasteiger partial charge on any atom is -0.495 e. The number of halogens is 1. The molecule has 1 fully saturated rings. The summed E-state index contributed by atoms with van der Waals surface area (Å²) in [5, 5.41) is 6.68. The molecule has 31 heavy (non-hydrogen) atoms. The number of hydrogen-bond acceptors (Lipinski definition) is 4. The molecule has 7 nitrogen and oxygen atoms in total. The number of carbonyl (C=O) groups is 1. The first-order valence-corrected chi connectivity index (χ1v) is 10.2. The lowest BCUT2D eigenvalue weighted by molar-refractivity contribution is -0.127. The number of anilines is 1. The van der Waals surface area contributed by atoms with Gasteiger partial charge in [0.05, 0.1) is 25.9 Å². The van der Waals surface area contributed by atoms with E-state index in [1.165, 1.54) is 0 Å². The number of methoxy groups -OCH3 is 1. The maximum absolute atomic E-state index is 12.0. The highest BCUT2D eigenvalue weighted by molar-refractivity contribution is 14.0. The third kappa shape index (κ3) is 7.30. The van der Waals surface area contributed by atoms with Crippen LogP contribution in [-0.4, -0.2) is 63.6 Å². The van der Waals surface area contributed by atoms with Crippen LogP contribution in [0.15, 0.2) is 59.6 Å². The van der Waals surface area contributed by atoms with Gasteiger partial charge in [-0.05, 0) is 24.1 Å². The number of para-hydroxylation sites is 2. The number of benzene rings is 2. The summed E-state index contributed by atoms with van der Waals surface area (Å²) in [5.74, 6) is 1.54. The van der Waals surface area contributed by atoms with Crippen LogP contribution in [0.5, 0.6) is 5.75 Å². The molecule has 0 spiro atoms. The molecule has 1 aliphatic rings. The number of aliphatic imine (C=N–C) groups is 1. The molecular weight excluding hydrogens is 505 g/mol. The Balaban J connectivity index is 0.00000341. The highest BCUT2D eigenvalue weighted by Gasteiger charge is 2.25. The molecule has 2 aromatic carbocycles. The number of hydrogen-bond donors (Lipinski definition) is 2. The van der Waals surface area contributed by atoms with Crippen molar-refractivity contribution in [2.24, 2.45) is 4.99 Å². The van der Waals surface area contributed by atoms with E-state index in [9.17, 15) is 4.79 Å². The average molecular weight is 537 g/mol. The molecule has 1 unspecified atom stereocenters. The molecule has 0 saturated carbocycles. The molecule has 168 valence electrons. The predicted molar refractivity (Wildman–Crippen MR) is 136 cm³/mol. The first-order chi connectivity index (χ1) is 14.6. The van der Waals surface area contributed by atoms with Crippen LogP contribution >= 0.6 is 24.0 Å². The topological polar surface area (TPSA) is 69.2 Å². The smallest absolute Gasteiger partial charge is 0.241 e. The highest BCUT2D eigenvalue weighted by Crippen LogP contribution is 2.30. The Kier molecular flexibility index (Phi) is 9.90. The van der Waals surface area contributed by atoms with Gasteiger partial charge in [-0.15, -0.1) is 24.0 Å². The number of rotatable bonds is 7. The van der Waals surface area contributed by atoms with Crippen molar-refractivity contribution in [1.82, 2.24) is 15.5 Å². The van der Waals surface area contributed by atoms with Crippen LogP contribution in [-0.2, 0) is 11.3 Å². The van der Waals surface area contributed by atoms with Gasteiger partial charge in [0.1, 0.15) is 5.75 Å². The van der Waals surface area contributed by atoms with Gasteiger partial charge in [0, 0.05) is 33.2 Å². The van der Waals surface area contributed by atoms with Crippen molar-refractivity contribution in [2.75, 3.05) is 45.7 Å². The zero-order valence-electron chi connectivity index (χ0n) is 18.4. The normalized spacial score (nSPS) is 15.8. The number of nitrogens with one attached hydrogen (secondary N) is 2. The summed E-state index contributed by atoms with van der Waals surface area (Å²) >= 11 is 0. The van der Waals surface area contributed by atoms with Crippen molar-refractivity contribution >= 4 is 41.5 Å². The Bertz CT molecular complexity index is 860. The average Bonchev–Trinajstić information content (AvgIpc) is 3.24. The van der Waals surface area contributed by atoms with Crippen LogP contribution in [0, 0.1) is 0 Å².